The van der Waals surface area contributed by atoms with Gasteiger partial charge in [0.25, 0.3) is 0 Å². The minimum atomic E-state index is -0.516. The van der Waals surface area contributed by atoms with Crippen LogP contribution in [0.15, 0.2) is 6.07 Å². The van der Waals surface area contributed by atoms with Crippen LogP contribution in [0.1, 0.15) is 43.5 Å². The summed E-state index contributed by atoms with van der Waals surface area (Å²) in [6.45, 7) is 6.32. The molecule has 1 atom stereocenters. The van der Waals surface area contributed by atoms with E-state index in [0.717, 1.165) is 37.1 Å². The molecule has 1 aromatic rings. The maximum atomic E-state index is 12.9. The van der Waals surface area contributed by atoms with Crippen molar-refractivity contribution < 1.29 is 14.3 Å². The second-order valence-electron chi connectivity index (χ2n) is 7.37. The molecule has 2 amide bonds. The number of carbonyl (C=O) groups is 2. The molecule has 0 radical (unpaired) electrons. The van der Waals surface area contributed by atoms with Crippen molar-refractivity contribution in [2.75, 3.05) is 19.8 Å². The second-order valence-corrected chi connectivity index (χ2v) is 7.37. The van der Waals surface area contributed by atoms with E-state index in [9.17, 15) is 9.59 Å². The molecule has 138 valence electrons. The summed E-state index contributed by atoms with van der Waals surface area (Å²) in [4.78, 5) is 26.8. The number of likely N-dealkylation sites (tertiary alicyclic amines) is 1. The number of aromatic nitrogens is 2. The fourth-order valence-electron chi connectivity index (χ4n) is 4.47. The molecular weight excluding hydrogens is 320 g/mol. The number of rotatable bonds is 4. The number of carbonyl (C=O) groups excluding carboxylic acids is 2. The first-order chi connectivity index (χ1) is 11.9. The summed E-state index contributed by atoms with van der Waals surface area (Å²) < 4.78 is 7.32. The molecule has 2 saturated heterocycles. The summed E-state index contributed by atoms with van der Waals surface area (Å²) in [7, 11) is 0. The zero-order valence-electron chi connectivity index (χ0n) is 15.2. The number of nitrogens with two attached hydrogens (primary N) is 1. The SMILES string of the molecule is Cc1cc(C)n(CCC(=O)N2CCCC3(CCOCC3)C2C(N)=O)n1. The van der Waals surface area contributed by atoms with Crippen LogP contribution in [0.25, 0.3) is 0 Å². The highest BCUT2D eigenvalue weighted by atomic mass is 16.5. The third kappa shape index (κ3) is 3.56. The molecule has 2 aliphatic rings. The van der Waals surface area contributed by atoms with Crippen molar-refractivity contribution in [1.82, 2.24) is 14.7 Å². The smallest absolute Gasteiger partial charge is 0.240 e. The van der Waals surface area contributed by atoms with Crippen molar-refractivity contribution in [3.63, 3.8) is 0 Å². The van der Waals surface area contributed by atoms with E-state index in [-0.39, 0.29) is 17.2 Å². The Bertz CT molecular complexity index is 643. The number of nitrogens with zero attached hydrogens (tertiary/aromatic N) is 3. The number of hydrogen-bond acceptors (Lipinski definition) is 4. The lowest BCUT2D eigenvalue weighted by Gasteiger charge is -2.50. The van der Waals surface area contributed by atoms with Crippen LogP contribution >= 0.6 is 0 Å². The molecule has 1 spiro atoms. The average molecular weight is 348 g/mol. The van der Waals surface area contributed by atoms with Gasteiger partial charge in [0.1, 0.15) is 6.04 Å². The van der Waals surface area contributed by atoms with Crippen LogP contribution in [0.5, 0.6) is 0 Å². The van der Waals surface area contributed by atoms with Crippen LogP contribution in [-0.4, -0.2) is 52.3 Å². The Hall–Kier alpha value is -1.89. The van der Waals surface area contributed by atoms with Crippen molar-refractivity contribution in [3.8, 4) is 0 Å². The lowest BCUT2D eigenvalue weighted by Crippen LogP contribution is -2.61. The van der Waals surface area contributed by atoms with E-state index in [0.29, 0.717) is 32.7 Å². The first-order valence-corrected chi connectivity index (χ1v) is 9.10. The van der Waals surface area contributed by atoms with Crippen molar-refractivity contribution in [2.45, 2.75) is 58.5 Å². The predicted octanol–water partition coefficient (Wildman–Crippen LogP) is 1.16. The predicted molar refractivity (Wildman–Crippen MR) is 92.7 cm³/mol. The Morgan fingerprint density at radius 2 is 2.04 bits per heavy atom. The van der Waals surface area contributed by atoms with Crippen molar-refractivity contribution in [2.24, 2.45) is 11.1 Å². The molecule has 1 unspecified atom stereocenters. The van der Waals surface area contributed by atoms with E-state index in [1.807, 2.05) is 24.6 Å². The Labute approximate surface area is 148 Å². The van der Waals surface area contributed by atoms with Gasteiger partial charge in [0.15, 0.2) is 0 Å². The number of piperidine rings is 1. The van der Waals surface area contributed by atoms with Gasteiger partial charge >= 0.3 is 0 Å². The van der Waals surface area contributed by atoms with Gasteiger partial charge in [-0.15, -0.1) is 0 Å². The standard InChI is InChI=1S/C18H28N4O3/c1-13-12-14(2)22(20-13)9-4-15(23)21-8-3-5-18(16(21)17(19)24)6-10-25-11-7-18/h12,16H,3-11H2,1-2H3,(H2,19,24). The summed E-state index contributed by atoms with van der Waals surface area (Å²) in [6.07, 6.45) is 3.77. The molecule has 2 aliphatic heterocycles. The highest BCUT2D eigenvalue weighted by Gasteiger charge is 2.49. The lowest BCUT2D eigenvalue weighted by atomic mass is 9.67. The molecule has 1 aromatic heterocycles. The van der Waals surface area contributed by atoms with Crippen LogP contribution in [0.2, 0.25) is 0 Å². The molecule has 0 aliphatic carbocycles. The largest absolute Gasteiger partial charge is 0.381 e. The van der Waals surface area contributed by atoms with Crippen LogP contribution in [0.4, 0.5) is 0 Å². The number of amides is 2. The zero-order valence-corrected chi connectivity index (χ0v) is 15.2. The van der Waals surface area contributed by atoms with Crippen LogP contribution < -0.4 is 5.73 Å². The fraction of sp³-hybridized carbons (Fsp3) is 0.722. The van der Waals surface area contributed by atoms with Crippen molar-refractivity contribution >= 4 is 11.8 Å². The van der Waals surface area contributed by atoms with E-state index < -0.39 is 6.04 Å². The molecular formula is C18H28N4O3. The lowest BCUT2D eigenvalue weighted by molar-refractivity contribution is -0.153. The second kappa shape index (κ2) is 7.15. The number of aryl methyl sites for hydroxylation is 3. The third-order valence-corrected chi connectivity index (χ3v) is 5.68. The van der Waals surface area contributed by atoms with Gasteiger partial charge < -0.3 is 15.4 Å². The molecule has 0 bridgehead atoms. The minimum Gasteiger partial charge on any atom is -0.381 e. The highest BCUT2D eigenvalue weighted by Crippen LogP contribution is 2.44. The molecule has 25 heavy (non-hydrogen) atoms. The molecule has 7 nitrogen and oxygen atoms in total. The Balaban J connectivity index is 1.73. The molecule has 0 aromatic carbocycles. The van der Waals surface area contributed by atoms with E-state index in [1.165, 1.54) is 0 Å². The molecule has 0 saturated carbocycles. The molecule has 2 N–H and O–H groups in total. The van der Waals surface area contributed by atoms with Gasteiger partial charge in [0, 0.05) is 43.8 Å². The summed E-state index contributed by atoms with van der Waals surface area (Å²) >= 11 is 0. The number of hydrogen-bond donors (Lipinski definition) is 1. The zero-order chi connectivity index (χ0) is 18.0. The molecule has 3 heterocycles. The van der Waals surface area contributed by atoms with Crippen LogP contribution in [0.3, 0.4) is 0 Å². The first kappa shape index (κ1) is 17.9. The average Bonchev–Trinajstić information content (AvgIpc) is 2.90. The molecule has 7 heteroatoms. The van der Waals surface area contributed by atoms with E-state index in [2.05, 4.69) is 5.10 Å². The Kier molecular flexibility index (Phi) is 5.13. The Morgan fingerprint density at radius 3 is 2.64 bits per heavy atom. The minimum absolute atomic E-state index is 0.0121. The maximum absolute atomic E-state index is 12.9. The molecule has 3 rings (SSSR count). The van der Waals surface area contributed by atoms with E-state index in [4.69, 9.17) is 10.5 Å². The topological polar surface area (TPSA) is 90.5 Å². The quantitative estimate of drug-likeness (QED) is 0.884. The number of ether oxygens (including phenoxy) is 1. The van der Waals surface area contributed by atoms with E-state index in [1.54, 1.807) is 4.90 Å². The maximum Gasteiger partial charge on any atom is 0.240 e. The van der Waals surface area contributed by atoms with Crippen molar-refractivity contribution in [1.29, 1.82) is 0 Å². The van der Waals surface area contributed by atoms with Gasteiger partial charge in [0.05, 0.1) is 5.69 Å². The summed E-state index contributed by atoms with van der Waals surface area (Å²) in [5.41, 5.74) is 7.51. The van der Waals surface area contributed by atoms with Gasteiger partial charge in [-0.3, -0.25) is 14.3 Å². The van der Waals surface area contributed by atoms with Crippen molar-refractivity contribution in [3.05, 3.63) is 17.5 Å². The van der Waals surface area contributed by atoms with Crippen LogP contribution in [-0.2, 0) is 20.9 Å². The highest BCUT2D eigenvalue weighted by molar-refractivity contribution is 5.87. The summed E-state index contributed by atoms with van der Waals surface area (Å²) in [5.74, 6) is -0.400. The van der Waals surface area contributed by atoms with E-state index >= 15 is 0 Å². The summed E-state index contributed by atoms with van der Waals surface area (Å²) in [6, 6.07) is 1.48. The third-order valence-electron chi connectivity index (χ3n) is 5.68. The monoisotopic (exact) mass is 348 g/mol. The van der Waals surface area contributed by atoms with Gasteiger partial charge in [-0.05, 0) is 45.6 Å². The Morgan fingerprint density at radius 1 is 1.32 bits per heavy atom. The summed E-state index contributed by atoms with van der Waals surface area (Å²) in [5, 5.41) is 4.40. The first-order valence-electron chi connectivity index (χ1n) is 9.10. The fourth-order valence-corrected chi connectivity index (χ4v) is 4.47. The van der Waals surface area contributed by atoms with Crippen LogP contribution in [0, 0.1) is 19.3 Å². The number of primary amides is 1. The van der Waals surface area contributed by atoms with Gasteiger partial charge in [-0.25, -0.2) is 0 Å². The molecule has 2 fully saturated rings. The van der Waals surface area contributed by atoms with Gasteiger partial charge in [0.2, 0.25) is 11.8 Å². The van der Waals surface area contributed by atoms with Gasteiger partial charge in [-0.1, -0.05) is 0 Å². The van der Waals surface area contributed by atoms with Gasteiger partial charge in [-0.2, -0.15) is 5.10 Å². The normalized spacial score (nSPS) is 23.0.